The number of carbonyl (C=O) groups excluding carboxylic acids is 1. The first-order valence-corrected chi connectivity index (χ1v) is 14.6. The second kappa shape index (κ2) is 11.1. The van der Waals surface area contributed by atoms with Crippen molar-refractivity contribution in [1.29, 1.82) is 0 Å². The van der Waals surface area contributed by atoms with Gasteiger partial charge in [0.25, 0.3) is 5.91 Å². The van der Waals surface area contributed by atoms with Crippen molar-refractivity contribution in [2.24, 2.45) is 5.92 Å². The third-order valence-electron chi connectivity index (χ3n) is 8.47. The van der Waals surface area contributed by atoms with Crippen molar-refractivity contribution in [2.75, 3.05) is 38.2 Å². The molecule has 0 bridgehead atoms. The molecule has 7 nitrogen and oxygen atoms in total. The van der Waals surface area contributed by atoms with Gasteiger partial charge in [0.2, 0.25) is 0 Å². The fourth-order valence-corrected chi connectivity index (χ4v) is 7.28. The minimum atomic E-state index is 0.0282. The van der Waals surface area contributed by atoms with Gasteiger partial charge in [-0.3, -0.25) is 14.7 Å². The summed E-state index contributed by atoms with van der Waals surface area (Å²) >= 11 is 1.89. The largest absolute Gasteiger partial charge is 0.380 e. The normalized spacial score (nSPS) is 24.4. The fourth-order valence-electron chi connectivity index (χ4n) is 6.18. The molecule has 1 saturated heterocycles. The lowest BCUT2D eigenvalue weighted by atomic mass is 9.84. The van der Waals surface area contributed by atoms with Crippen molar-refractivity contribution in [1.82, 2.24) is 20.2 Å². The van der Waals surface area contributed by atoms with Gasteiger partial charge in [-0.05, 0) is 75.6 Å². The topological polar surface area (TPSA) is 70.6 Å². The molecule has 1 atom stereocenters. The average molecular weight is 520 g/mol. The summed E-state index contributed by atoms with van der Waals surface area (Å²) in [4.78, 5) is 28.9. The van der Waals surface area contributed by atoms with Crippen molar-refractivity contribution < 1.29 is 9.53 Å². The summed E-state index contributed by atoms with van der Waals surface area (Å²) in [6.45, 7) is 5.29. The number of aromatic nitrogens is 2. The molecule has 3 aliphatic rings. The van der Waals surface area contributed by atoms with Gasteiger partial charge in [-0.2, -0.15) is 0 Å². The Kier molecular flexibility index (Phi) is 7.40. The van der Waals surface area contributed by atoms with Crippen LogP contribution < -0.4 is 10.2 Å². The molecule has 1 unspecified atom stereocenters. The lowest BCUT2D eigenvalue weighted by molar-refractivity contribution is 0.0921. The fraction of sp³-hybridized carbons (Fsp3) is 0.552. The number of amides is 1. The number of nitrogens with zero attached hydrogens (tertiary/aromatic N) is 4. The Bertz CT molecular complexity index is 1230. The Hall–Kier alpha value is -2.55. The van der Waals surface area contributed by atoms with Crippen LogP contribution in [0.2, 0.25) is 0 Å². The van der Waals surface area contributed by atoms with Crippen LogP contribution in [0, 0.1) is 5.92 Å². The maximum Gasteiger partial charge on any atom is 0.252 e. The molecule has 4 heterocycles. The molecule has 37 heavy (non-hydrogen) atoms. The monoisotopic (exact) mass is 519 g/mol. The zero-order chi connectivity index (χ0) is 25.2. The van der Waals surface area contributed by atoms with Crippen LogP contribution in [0.15, 0.2) is 36.5 Å². The van der Waals surface area contributed by atoms with E-state index in [1.807, 2.05) is 48.8 Å². The maximum atomic E-state index is 13.0. The zero-order valence-electron chi connectivity index (χ0n) is 21.7. The quantitative estimate of drug-likeness (QED) is 0.490. The highest BCUT2D eigenvalue weighted by Crippen LogP contribution is 2.33. The van der Waals surface area contributed by atoms with Crippen LogP contribution in [0.1, 0.15) is 59.5 Å². The number of rotatable bonds is 7. The summed E-state index contributed by atoms with van der Waals surface area (Å²) in [6, 6.07) is 9.92. The molecule has 1 N–H and O–H groups in total. The molecule has 2 aromatic heterocycles. The number of benzene rings is 1. The second-order valence-corrected chi connectivity index (χ2v) is 11.9. The van der Waals surface area contributed by atoms with E-state index in [1.165, 1.54) is 35.0 Å². The van der Waals surface area contributed by atoms with E-state index in [-0.39, 0.29) is 11.9 Å². The third kappa shape index (κ3) is 5.52. The van der Waals surface area contributed by atoms with Crippen molar-refractivity contribution >= 4 is 33.3 Å². The highest BCUT2D eigenvalue weighted by molar-refractivity contribution is 7.15. The molecule has 2 fully saturated rings. The number of hydrogen-bond donors (Lipinski definition) is 1. The van der Waals surface area contributed by atoms with E-state index in [0.29, 0.717) is 6.10 Å². The second-order valence-electron chi connectivity index (χ2n) is 10.8. The Morgan fingerprint density at radius 1 is 1.14 bits per heavy atom. The van der Waals surface area contributed by atoms with Gasteiger partial charge in [-0.25, -0.2) is 4.98 Å². The standard InChI is InChI=1S/C29H37N5O2S/c1-36-22-12-17-34(18-22)29-32-26-19-33(16-13-27(26)37-29)15-11-20-7-9-21(10-8-20)31-28(35)24-4-2-6-25-23(24)5-3-14-30-25/h2-6,14,20-22H,7-13,15-19H2,1H3,(H,31,35)/t20-,21-,22?. The Balaban J connectivity index is 0.959. The average Bonchev–Trinajstić information content (AvgIpc) is 3.59. The summed E-state index contributed by atoms with van der Waals surface area (Å²) in [7, 11) is 1.81. The van der Waals surface area contributed by atoms with Gasteiger partial charge in [0.1, 0.15) is 0 Å². The van der Waals surface area contributed by atoms with Crippen molar-refractivity contribution in [3.8, 4) is 0 Å². The third-order valence-corrected chi connectivity index (χ3v) is 9.69. The van der Waals surface area contributed by atoms with Crippen LogP contribution in [0.5, 0.6) is 0 Å². The van der Waals surface area contributed by atoms with Crippen LogP contribution in [-0.4, -0.2) is 66.2 Å². The number of anilines is 1. The van der Waals surface area contributed by atoms with Crippen molar-refractivity contribution in [2.45, 2.75) is 63.6 Å². The molecule has 8 heteroatoms. The van der Waals surface area contributed by atoms with Crippen molar-refractivity contribution in [3.05, 3.63) is 52.7 Å². The Morgan fingerprint density at radius 2 is 2.03 bits per heavy atom. The molecule has 1 aliphatic carbocycles. The first kappa shape index (κ1) is 24.8. The number of nitrogens with one attached hydrogen (secondary N) is 1. The number of fused-ring (bicyclic) bond motifs is 2. The van der Waals surface area contributed by atoms with Crippen LogP contribution >= 0.6 is 11.3 Å². The van der Waals surface area contributed by atoms with Gasteiger partial charge in [0.05, 0.1) is 17.3 Å². The smallest absolute Gasteiger partial charge is 0.252 e. The molecule has 0 spiro atoms. The number of thiazole rings is 1. The van der Waals surface area contributed by atoms with Gasteiger partial charge in [0, 0.05) is 61.4 Å². The van der Waals surface area contributed by atoms with Crippen LogP contribution in [-0.2, 0) is 17.7 Å². The lowest BCUT2D eigenvalue weighted by Gasteiger charge is -2.32. The van der Waals surface area contributed by atoms with Gasteiger partial charge < -0.3 is 15.0 Å². The predicted molar refractivity (Wildman–Crippen MR) is 148 cm³/mol. The van der Waals surface area contributed by atoms with E-state index in [4.69, 9.17) is 9.72 Å². The number of hydrogen-bond acceptors (Lipinski definition) is 7. The minimum absolute atomic E-state index is 0.0282. The van der Waals surface area contributed by atoms with Gasteiger partial charge in [-0.1, -0.05) is 12.1 Å². The van der Waals surface area contributed by atoms with Gasteiger partial charge >= 0.3 is 0 Å². The summed E-state index contributed by atoms with van der Waals surface area (Å²) in [5, 5.41) is 5.41. The van der Waals surface area contributed by atoms with Crippen LogP contribution in [0.25, 0.3) is 10.9 Å². The first-order valence-electron chi connectivity index (χ1n) is 13.8. The Morgan fingerprint density at radius 3 is 2.86 bits per heavy atom. The molecule has 1 aromatic carbocycles. The van der Waals surface area contributed by atoms with E-state index in [9.17, 15) is 4.79 Å². The predicted octanol–water partition coefficient (Wildman–Crippen LogP) is 4.65. The van der Waals surface area contributed by atoms with E-state index in [1.54, 1.807) is 6.20 Å². The summed E-state index contributed by atoms with van der Waals surface area (Å²) in [5.41, 5.74) is 2.89. The molecule has 6 rings (SSSR count). The lowest BCUT2D eigenvalue weighted by Crippen LogP contribution is -2.38. The maximum absolute atomic E-state index is 13.0. The summed E-state index contributed by atoms with van der Waals surface area (Å²) in [6.07, 6.45) is 10.1. The molecule has 2 aliphatic heterocycles. The van der Waals surface area contributed by atoms with E-state index in [0.717, 1.165) is 80.8 Å². The van der Waals surface area contributed by atoms with Crippen molar-refractivity contribution in [3.63, 3.8) is 0 Å². The molecule has 1 amide bonds. The molecule has 196 valence electrons. The van der Waals surface area contributed by atoms with Gasteiger partial charge in [0.15, 0.2) is 5.13 Å². The highest BCUT2D eigenvalue weighted by Gasteiger charge is 2.28. The number of carbonyl (C=O) groups is 1. The molecule has 1 saturated carbocycles. The Labute approximate surface area is 223 Å². The number of ether oxygens (including phenoxy) is 1. The summed E-state index contributed by atoms with van der Waals surface area (Å²) in [5.74, 6) is 0.776. The SMILES string of the molecule is COC1CCN(c2nc3c(s2)CCN(CC[C@H]2CC[C@H](NC(=O)c4cccc5ncccc45)CC2)C3)C1. The van der Waals surface area contributed by atoms with Gasteiger partial charge in [-0.15, -0.1) is 11.3 Å². The van der Waals surface area contributed by atoms with E-state index < -0.39 is 0 Å². The minimum Gasteiger partial charge on any atom is -0.380 e. The first-order chi connectivity index (χ1) is 18.2. The van der Waals surface area contributed by atoms with Crippen LogP contribution in [0.3, 0.4) is 0 Å². The highest BCUT2D eigenvalue weighted by atomic mass is 32.1. The number of pyridine rings is 1. The molecule has 0 radical (unpaired) electrons. The summed E-state index contributed by atoms with van der Waals surface area (Å²) < 4.78 is 5.54. The molecule has 3 aromatic rings. The molecular formula is C29H37N5O2S. The number of methoxy groups -OCH3 is 1. The zero-order valence-corrected chi connectivity index (χ0v) is 22.5. The van der Waals surface area contributed by atoms with E-state index >= 15 is 0 Å². The molecular weight excluding hydrogens is 482 g/mol. The van der Waals surface area contributed by atoms with Crippen LogP contribution in [0.4, 0.5) is 5.13 Å². The van der Waals surface area contributed by atoms with E-state index in [2.05, 4.69) is 20.1 Å².